The summed E-state index contributed by atoms with van der Waals surface area (Å²) in [7, 11) is 1.80. The normalized spacial score (nSPS) is 15.4. The molecule has 0 saturated carbocycles. The van der Waals surface area contributed by atoms with Crippen LogP contribution in [0.3, 0.4) is 0 Å². The molecule has 1 aliphatic heterocycles. The van der Waals surface area contributed by atoms with Crippen molar-refractivity contribution in [2.45, 2.75) is 19.9 Å². The third kappa shape index (κ3) is 4.97. The van der Waals surface area contributed by atoms with Gasteiger partial charge in [0.15, 0.2) is 17.4 Å². The van der Waals surface area contributed by atoms with E-state index in [1.807, 2.05) is 17.9 Å². The van der Waals surface area contributed by atoms with E-state index in [1.165, 1.54) is 18.5 Å². The molecule has 1 N–H and O–H groups in total. The molecule has 0 bridgehead atoms. The second-order valence-corrected chi connectivity index (χ2v) is 9.85. The van der Waals surface area contributed by atoms with Gasteiger partial charge in [0.1, 0.15) is 28.6 Å². The Hall–Kier alpha value is -5.20. The molecular formula is C28H27FN10O2. The second-order valence-electron chi connectivity index (χ2n) is 9.85. The second kappa shape index (κ2) is 10.4. The quantitative estimate of drug-likeness (QED) is 0.309. The summed E-state index contributed by atoms with van der Waals surface area (Å²) in [5.41, 5.74) is 3.59. The molecule has 1 atom stereocenters. The van der Waals surface area contributed by atoms with E-state index in [4.69, 9.17) is 9.72 Å². The van der Waals surface area contributed by atoms with Crippen LogP contribution in [0, 0.1) is 12.7 Å². The minimum Gasteiger partial charge on any atom is -0.454 e. The van der Waals surface area contributed by atoms with Crippen LogP contribution in [0.5, 0.6) is 11.5 Å². The molecule has 5 aromatic rings. The van der Waals surface area contributed by atoms with Crippen molar-refractivity contribution in [2.24, 2.45) is 7.05 Å². The predicted molar refractivity (Wildman–Crippen MR) is 152 cm³/mol. The molecule has 0 radical (unpaired) electrons. The summed E-state index contributed by atoms with van der Waals surface area (Å²) < 4.78 is 22.8. The number of aryl methyl sites for hydroxylation is 2. The number of nitrogens with zero attached hydrogens (tertiary/aromatic N) is 9. The molecule has 0 spiro atoms. The maximum atomic E-state index is 15.3. The van der Waals surface area contributed by atoms with E-state index in [1.54, 1.807) is 47.9 Å². The van der Waals surface area contributed by atoms with Crippen LogP contribution in [0.25, 0.3) is 22.1 Å². The highest BCUT2D eigenvalue weighted by Gasteiger charge is 2.27. The number of piperazine rings is 1. The van der Waals surface area contributed by atoms with Crippen molar-refractivity contribution < 1.29 is 13.9 Å². The molecular weight excluding hydrogens is 527 g/mol. The van der Waals surface area contributed by atoms with Crippen LogP contribution in [0.15, 0.2) is 55.5 Å². The zero-order valence-electron chi connectivity index (χ0n) is 22.7. The van der Waals surface area contributed by atoms with E-state index in [-0.39, 0.29) is 17.7 Å². The first kappa shape index (κ1) is 26.0. The Labute approximate surface area is 234 Å². The van der Waals surface area contributed by atoms with Crippen molar-refractivity contribution in [2.75, 3.05) is 29.9 Å². The summed E-state index contributed by atoms with van der Waals surface area (Å²) in [6.45, 7) is 8.99. The van der Waals surface area contributed by atoms with E-state index < -0.39 is 5.82 Å². The van der Waals surface area contributed by atoms with Gasteiger partial charge < -0.3 is 19.9 Å². The van der Waals surface area contributed by atoms with E-state index in [9.17, 15) is 4.79 Å². The van der Waals surface area contributed by atoms with E-state index in [2.05, 4.69) is 37.2 Å². The Morgan fingerprint density at radius 2 is 2.02 bits per heavy atom. The Kier molecular flexibility index (Phi) is 6.61. The maximum Gasteiger partial charge on any atom is 0.246 e. The zero-order chi connectivity index (χ0) is 28.7. The van der Waals surface area contributed by atoms with Crippen LogP contribution < -0.4 is 15.0 Å². The van der Waals surface area contributed by atoms with Crippen LogP contribution in [0.4, 0.5) is 21.8 Å². The minimum absolute atomic E-state index is 0.0348. The summed E-state index contributed by atoms with van der Waals surface area (Å²) in [6.07, 6.45) is 4.36. The van der Waals surface area contributed by atoms with Gasteiger partial charge >= 0.3 is 0 Å². The lowest BCUT2D eigenvalue weighted by Gasteiger charge is -2.39. The van der Waals surface area contributed by atoms with E-state index >= 15 is 4.39 Å². The number of hydrogen-bond acceptors (Lipinski definition) is 10. The highest BCUT2D eigenvalue weighted by Crippen LogP contribution is 2.33. The predicted octanol–water partition coefficient (Wildman–Crippen LogP) is 3.91. The molecule has 1 fully saturated rings. The molecule has 2 aromatic carbocycles. The van der Waals surface area contributed by atoms with Crippen molar-refractivity contribution in [1.29, 1.82) is 0 Å². The third-order valence-electron chi connectivity index (χ3n) is 7.03. The Bertz CT molecular complexity index is 1780. The SMILES string of the molecule is C=CC(=O)N1CCN(c2ncc3ncnc(Nc4cc(C)c(Oc5ccc6c(c5)nnn6C)c(F)c4)c3n2)C[C@H]1C. The number of nitrogens with one attached hydrogen (secondary N) is 1. The van der Waals surface area contributed by atoms with Crippen molar-refractivity contribution in [3.05, 3.63) is 66.9 Å². The summed E-state index contributed by atoms with van der Waals surface area (Å²) in [6, 6.07) is 8.37. The number of benzene rings is 2. The first-order valence-corrected chi connectivity index (χ1v) is 13.0. The Balaban J connectivity index is 1.24. The fourth-order valence-electron chi connectivity index (χ4n) is 4.94. The standard InChI is InChI=1S/C28H27FN10O2/c1-5-24(40)39-9-8-38(14-17(39)3)28-30-13-22-25(34-28)27(32-15-31-22)33-18-10-16(2)26(20(29)11-18)41-19-6-7-23-21(12-19)35-36-37(23)4/h5-7,10-13,15,17H,1,8-9,14H2,2-4H3,(H,31,32,33)/t17-/m1/s1. The van der Waals surface area contributed by atoms with Gasteiger partial charge in [-0.3, -0.25) is 4.79 Å². The highest BCUT2D eigenvalue weighted by molar-refractivity contribution is 5.88. The highest BCUT2D eigenvalue weighted by atomic mass is 19.1. The number of rotatable bonds is 6. The number of amides is 1. The van der Waals surface area contributed by atoms with Gasteiger partial charge in [-0.25, -0.2) is 29.0 Å². The Morgan fingerprint density at radius 3 is 2.80 bits per heavy atom. The molecule has 13 heteroatoms. The largest absolute Gasteiger partial charge is 0.454 e. The lowest BCUT2D eigenvalue weighted by molar-refractivity contribution is -0.128. The lowest BCUT2D eigenvalue weighted by Crippen LogP contribution is -2.54. The fraction of sp³-hybridized carbons (Fsp3) is 0.250. The number of ether oxygens (including phenoxy) is 1. The number of halogens is 1. The van der Waals surface area contributed by atoms with Gasteiger partial charge in [-0.2, -0.15) is 0 Å². The fourth-order valence-corrected chi connectivity index (χ4v) is 4.94. The summed E-state index contributed by atoms with van der Waals surface area (Å²) >= 11 is 0. The molecule has 1 amide bonds. The van der Waals surface area contributed by atoms with E-state index in [0.717, 1.165) is 5.52 Å². The van der Waals surface area contributed by atoms with Gasteiger partial charge in [0, 0.05) is 50.5 Å². The monoisotopic (exact) mass is 554 g/mol. The minimum atomic E-state index is -0.540. The van der Waals surface area contributed by atoms with Gasteiger partial charge in [0.05, 0.1) is 11.7 Å². The first-order valence-electron chi connectivity index (χ1n) is 13.0. The van der Waals surface area contributed by atoms with Gasteiger partial charge in [-0.15, -0.1) is 5.10 Å². The van der Waals surface area contributed by atoms with Gasteiger partial charge in [-0.05, 0) is 43.7 Å². The Morgan fingerprint density at radius 1 is 1.17 bits per heavy atom. The third-order valence-corrected chi connectivity index (χ3v) is 7.03. The molecule has 1 aliphatic rings. The average Bonchev–Trinajstić information content (AvgIpc) is 3.34. The number of anilines is 3. The maximum absolute atomic E-state index is 15.3. The van der Waals surface area contributed by atoms with Gasteiger partial charge in [0.2, 0.25) is 11.9 Å². The number of carbonyl (C=O) groups excluding carboxylic acids is 1. The molecule has 0 aliphatic carbocycles. The molecule has 41 heavy (non-hydrogen) atoms. The number of carbonyl (C=O) groups is 1. The first-order chi connectivity index (χ1) is 19.8. The number of aromatic nitrogens is 7. The van der Waals surface area contributed by atoms with Crippen LogP contribution in [-0.2, 0) is 11.8 Å². The summed E-state index contributed by atoms with van der Waals surface area (Å²) in [5, 5.41) is 11.3. The van der Waals surface area contributed by atoms with Crippen molar-refractivity contribution in [3.8, 4) is 11.5 Å². The van der Waals surface area contributed by atoms with Gasteiger partial charge in [0.25, 0.3) is 0 Å². The van der Waals surface area contributed by atoms with Crippen LogP contribution >= 0.6 is 0 Å². The van der Waals surface area contributed by atoms with Crippen LogP contribution in [0.2, 0.25) is 0 Å². The van der Waals surface area contributed by atoms with Crippen molar-refractivity contribution in [3.63, 3.8) is 0 Å². The number of hydrogen-bond donors (Lipinski definition) is 1. The summed E-state index contributed by atoms with van der Waals surface area (Å²) in [4.78, 5) is 33.8. The lowest BCUT2D eigenvalue weighted by atomic mass is 10.2. The van der Waals surface area contributed by atoms with E-state index in [0.29, 0.717) is 65.0 Å². The smallest absolute Gasteiger partial charge is 0.246 e. The van der Waals surface area contributed by atoms with Gasteiger partial charge in [-0.1, -0.05) is 11.8 Å². The molecule has 208 valence electrons. The molecule has 3 aromatic heterocycles. The molecule has 12 nitrogen and oxygen atoms in total. The van der Waals surface area contributed by atoms with Crippen LogP contribution in [-0.4, -0.2) is 71.4 Å². The number of fused-ring (bicyclic) bond motifs is 2. The molecule has 4 heterocycles. The van der Waals surface area contributed by atoms with Crippen molar-refractivity contribution in [1.82, 2.24) is 39.8 Å². The molecule has 6 rings (SSSR count). The zero-order valence-corrected chi connectivity index (χ0v) is 22.7. The average molecular weight is 555 g/mol. The summed E-state index contributed by atoms with van der Waals surface area (Å²) in [5.74, 6) is 0.838. The molecule has 0 unspecified atom stereocenters. The van der Waals surface area contributed by atoms with Crippen molar-refractivity contribution >= 4 is 45.4 Å². The topological polar surface area (TPSA) is 127 Å². The molecule has 1 saturated heterocycles. The van der Waals surface area contributed by atoms with Crippen LogP contribution in [0.1, 0.15) is 12.5 Å².